The van der Waals surface area contributed by atoms with Crippen molar-refractivity contribution in [1.29, 1.82) is 0 Å². The molecule has 1 aliphatic rings. The summed E-state index contributed by atoms with van der Waals surface area (Å²) in [6.07, 6.45) is 0.958. The van der Waals surface area contributed by atoms with E-state index in [0.29, 0.717) is 28.8 Å². The number of ether oxygens (including phenoxy) is 1. The standard InChI is InChI=1S/C16H14ClNO2/c17-12-5-6-14(15(18)8-12)16(19)20-9-11-7-10-3-1-2-4-13(10)11/h1-6,8,11H,7,9,18H2. The molecule has 0 heterocycles. The van der Waals surface area contributed by atoms with E-state index in [9.17, 15) is 4.79 Å². The summed E-state index contributed by atoms with van der Waals surface area (Å²) < 4.78 is 5.35. The van der Waals surface area contributed by atoms with E-state index in [-0.39, 0.29) is 0 Å². The molecule has 2 aromatic carbocycles. The molecule has 0 radical (unpaired) electrons. The highest BCUT2D eigenvalue weighted by molar-refractivity contribution is 6.31. The van der Waals surface area contributed by atoms with Gasteiger partial charge in [-0.1, -0.05) is 35.9 Å². The Labute approximate surface area is 122 Å². The van der Waals surface area contributed by atoms with Gasteiger partial charge in [-0.25, -0.2) is 4.79 Å². The Kier molecular flexibility index (Phi) is 3.36. The number of carbonyl (C=O) groups is 1. The van der Waals surface area contributed by atoms with E-state index in [1.54, 1.807) is 18.2 Å². The third-order valence-electron chi connectivity index (χ3n) is 3.61. The third-order valence-corrected chi connectivity index (χ3v) is 3.85. The first-order valence-electron chi connectivity index (χ1n) is 6.45. The molecular formula is C16H14ClNO2. The number of benzene rings is 2. The van der Waals surface area contributed by atoms with Crippen LogP contribution in [-0.4, -0.2) is 12.6 Å². The fourth-order valence-electron chi connectivity index (χ4n) is 2.48. The van der Waals surface area contributed by atoms with Crippen LogP contribution in [0, 0.1) is 0 Å². The molecule has 1 aliphatic carbocycles. The lowest BCUT2D eigenvalue weighted by Crippen LogP contribution is -2.23. The van der Waals surface area contributed by atoms with Crippen molar-refractivity contribution in [3.05, 3.63) is 64.2 Å². The highest BCUT2D eigenvalue weighted by Gasteiger charge is 2.26. The lowest BCUT2D eigenvalue weighted by Gasteiger charge is -2.29. The zero-order chi connectivity index (χ0) is 14.1. The van der Waals surface area contributed by atoms with Crippen molar-refractivity contribution in [1.82, 2.24) is 0 Å². The number of fused-ring (bicyclic) bond motifs is 1. The molecule has 20 heavy (non-hydrogen) atoms. The van der Waals surface area contributed by atoms with E-state index in [0.717, 1.165) is 6.42 Å². The van der Waals surface area contributed by atoms with Crippen LogP contribution in [-0.2, 0) is 11.2 Å². The zero-order valence-corrected chi connectivity index (χ0v) is 11.6. The van der Waals surface area contributed by atoms with Crippen LogP contribution in [0.3, 0.4) is 0 Å². The Morgan fingerprint density at radius 3 is 2.85 bits per heavy atom. The maximum atomic E-state index is 12.0. The SMILES string of the molecule is Nc1cc(Cl)ccc1C(=O)OCC1Cc2ccccc21. The van der Waals surface area contributed by atoms with Gasteiger partial charge in [0.25, 0.3) is 0 Å². The molecule has 2 aromatic rings. The van der Waals surface area contributed by atoms with Gasteiger partial charge in [0.05, 0.1) is 12.2 Å². The van der Waals surface area contributed by atoms with Gasteiger partial charge >= 0.3 is 5.97 Å². The maximum absolute atomic E-state index is 12.0. The summed E-state index contributed by atoms with van der Waals surface area (Å²) in [6, 6.07) is 13.0. The number of hydrogen-bond donors (Lipinski definition) is 1. The summed E-state index contributed by atoms with van der Waals surface area (Å²) in [5.74, 6) is -0.104. The highest BCUT2D eigenvalue weighted by Crippen LogP contribution is 2.35. The van der Waals surface area contributed by atoms with Gasteiger partial charge in [-0.3, -0.25) is 0 Å². The fraction of sp³-hybridized carbons (Fsp3) is 0.188. The van der Waals surface area contributed by atoms with E-state index < -0.39 is 5.97 Å². The Bertz CT molecular complexity index is 669. The maximum Gasteiger partial charge on any atom is 0.340 e. The minimum absolute atomic E-state index is 0.295. The number of halogens is 1. The predicted molar refractivity (Wildman–Crippen MR) is 79.0 cm³/mol. The normalized spacial score (nSPS) is 16.1. The molecule has 1 atom stereocenters. The molecule has 0 aromatic heterocycles. The largest absolute Gasteiger partial charge is 0.461 e. The van der Waals surface area contributed by atoms with Crippen molar-refractivity contribution < 1.29 is 9.53 Å². The van der Waals surface area contributed by atoms with Gasteiger partial charge in [0, 0.05) is 16.6 Å². The first kappa shape index (κ1) is 13.0. The summed E-state index contributed by atoms with van der Waals surface area (Å²) in [4.78, 5) is 12.0. The highest BCUT2D eigenvalue weighted by atomic mass is 35.5. The first-order chi connectivity index (χ1) is 9.65. The van der Waals surface area contributed by atoms with Crippen LogP contribution in [0.5, 0.6) is 0 Å². The second kappa shape index (κ2) is 5.17. The Morgan fingerprint density at radius 2 is 2.10 bits per heavy atom. The monoisotopic (exact) mass is 287 g/mol. The minimum Gasteiger partial charge on any atom is -0.461 e. The van der Waals surface area contributed by atoms with Crippen LogP contribution in [0.1, 0.15) is 27.4 Å². The first-order valence-corrected chi connectivity index (χ1v) is 6.83. The van der Waals surface area contributed by atoms with E-state index in [1.165, 1.54) is 11.1 Å². The molecule has 2 N–H and O–H groups in total. The van der Waals surface area contributed by atoms with Gasteiger partial charge in [0.2, 0.25) is 0 Å². The number of nitrogen functional groups attached to an aromatic ring is 1. The number of anilines is 1. The second-order valence-corrected chi connectivity index (χ2v) is 5.37. The molecule has 0 bridgehead atoms. The lowest BCUT2D eigenvalue weighted by molar-refractivity contribution is 0.0471. The van der Waals surface area contributed by atoms with Crippen LogP contribution in [0.15, 0.2) is 42.5 Å². The van der Waals surface area contributed by atoms with Gasteiger partial charge in [-0.15, -0.1) is 0 Å². The molecular weight excluding hydrogens is 274 g/mol. The second-order valence-electron chi connectivity index (χ2n) is 4.93. The van der Waals surface area contributed by atoms with E-state index in [2.05, 4.69) is 12.1 Å². The van der Waals surface area contributed by atoms with Crippen LogP contribution in [0.25, 0.3) is 0 Å². The van der Waals surface area contributed by atoms with E-state index >= 15 is 0 Å². The Balaban J connectivity index is 1.64. The smallest absolute Gasteiger partial charge is 0.340 e. The van der Waals surface area contributed by atoms with Crippen molar-refractivity contribution in [2.45, 2.75) is 12.3 Å². The number of esters is 1. The average molecular weight is 288 g/mol. The summed E-state index contributed by atoms with van der Waals surface area (Å²) >= 11 is 5.80. The zero-order valence-electron chi connectivity index (χ0n) is 10.8. The molecule has 3 rings (SSSR count). The Hall–Kier alpha value is -2.00. The van der Waals surface area contributed by atoms with Gasteiger partial charge in [-0.05, 0) is 35.7 Å². The van der Waals surface area contributed by atoms with Gasteiger partial charge in [0.1, 0.15) is 0 Å². The summed E-state index contributed by atoms with van der Waals surface area (Å²) in [6.45, 7) is 0.387. The van der Waals surface area contributed by atoms with Crippen LogP contribution in [0.2, 0.25) is 5.02 Å². The lowest BCUT2D eigenvalue weighted by atomic mass is 9.78. The molecule has 0 spiro atoms. The number of hydrogen-bond acceptors (Lipinski definition) is 3. The predicted octanol–water partition coefficient (Wildman–Crippen LogP) is 3.42. The molecule has 0 amide bonds. The summed E-state index contributed by atoms with van der Waals surface area (Å²) in [5.41, 5.74) is 9.07. The molecule has 1 unspecified atom stereocenters. The molecule has 102 valence electrons. The van der Waals surface area contributed by atoms with Gasteiger partial charge in [0.15, 0.2) is 0 Å². The fourth-order valence-corrected chi connectivity index (χ4v) is 2.67. The van der Waals surface area contributed by atoms with Gasteiger partial charge < -0.3 is 10.5 Å². The van der Waals surface area contributed by atoms with Crippen LogP contribution in [0.4, 0.5) is 5.69 Å². The van der Waals surface area contributed by atoms with Crippen molar-refractivity contribution in [2.75, 3.05) is 12.3 Å². The van der Waals surface area contributed by atoms with Crippen molar-refractivity contribution in [3.8, 4) is 0 Å². The average Bonchev–Trinajstić information content (AvgIpc) is 2.39. The summed E-state index contributed by atoms with van der Waals surface area (Å²) in [5, 5.41) is 0.506. The molecule has 3 nitrogen and oxygen atoms in total. The Morgan fingerprint density at radius 1 is 1.30 bits per heavy atom. The van der Waals surface area contributed by atoms with E-state index in [4.69, 9.17) is 22.1 Å². The number of nitrogens with two attached hydrogens (primary N) is 1. The topological polar surface area (TPSA) is 52.3 Å². The summed E-state index contributed by atoms with van der Waals surface area (Å²) in [7, 11) is 0. The minimum atomic E-state index is -0.399. The number of rotatable bonds is 3. The van der Waals surface area contributed by atoms with E-state index in [1.807, 2.05) is 12.1 Å². The number of carbonyl (C=O) groups excluding carboxylic acids is 1. The molecule has 0 saturated carbocycles. The third kappa shape index (κ3) is 2.37. The van der Waals surface area contributed by atoms with Crippen LogP contribution < -0.4 is 5.73 Å². The quantitative estimate of drug-likeness (QED) is 0.695. The molecule has 0 saturated heterocycles. The molecule has 0 fully saturated rings. The van der Waals surface area contributed by atoms with Crippen molar-refractivity contribution in [2.24, 2.45) is 0 Å². The van der Waals surface area contributed by atoms with Gasteiger partial charge in [-0.2, -0.15) is 0 Å². The molecule has 0 aliphatic heterocycles. The molecule has 4 heteroatoms. The van der Waals surface area contributed by atoms with Crippen LogP contribution >= 0.6 is 11.6 Å². The van der Waals surface area contributed by atoms with Crippen molar-refractivity contribution >= 4 is 23.3 Å². The van der Waals surface area contributed by atoms with Crippen molar-refractivity contribution in [3.63, 3.8) is 0 Å².